The van der Waals surface area contributed by atoms with Gasteiger partial charge in [0.15, 0.2) is 0 Å². The second-order valence-electron chi connectivity index (χ2n) is 6.70. The van der Waals surface area contributed by atoms with Gasteiger partial charge in [0.1, 0.15) is 0 Å². The van der Waals surface area contributed by atoms with Gasteiger partial charge in [-0.1, -0.05) is 26.7 Å². The summed E-state index contributed by atoms with van der Waals surface area (Å²) in [5, 5.41) is 3.80. The Balaban J connectivity index is 2.29. The zero-order chi connectivity index (χ0) is 12.9. The third-order valence-corrected chi connectivity index (χ3v) is 5.21. The van der Waals surface area contributed by atoms with Crippen LogP contribution in [-0.4, -0.2) is 23.6 Å². The quantitative estimate of drug-likeness (QED) is 0.760. The molecule has 2 atom stereocenters. The van der Waals surface area contributed by atoms with E-state index in [1.165, 1.54) is 32.1 Å². The Morgan fingerprint density at radius 3 is 2.59 bits per heavy atom. The highest BCUT2D eigenvalue weighted by molar-refractivity contribution is 7.99. The van der Waals surface area contributed by atoms with Gasteiger partial charge in [-0.05, 0) is 51.2 Å². The highest BCUT2D eigenvalue weighted by Crippen LogP contribution is 2.30. The average molecular weight is 257 g/mol. The van der Waals surface area contributed by atoms with E-state index < -0.39 is 0 Å². The van der Waals surface area contributed by atoms with E-state index in [1.807, 2.05) is 11.8 Å². The fourth-order valence-electron chi connectivity index (χ4n) is 2.82. The average Bonchev–Trinajstić information content (AvgIpc) is 2.26. The zero-order valence-corrected chi connectivity index (χ0v) is 13.2. The van der Waals surface area contributed by atoms with Gasteiger partial charge < -0.3 is 5.32 Å². The summed E-state index contributed by atoms with van der Waals surface area (Å²) >= 11 is 1.96. The van der Waals surface area contributed by atoms with E-state index in [1.54, 1.807) is 0 Å². The first kappa shape index (κ1) is 15.4. The molecule has 17 heavy (non-hydrogen) atoms. The molecule has 1 aliphatic carbocycles. The molecule has 1 saturated carbocycles. The summed E-state index contributed by atoms with van der Waals surface area (Å²) in [4.78, 5) is 0. The predicted molar refractivity (Wildman–Crippen MR) is 80.8 cm³/mol. The van der Waals surface area contributed by atoms with Crippen molar-refractivity contribution in [1.29, 1.82) is 0 Å². The Labute approximate surface area is 113 Å². The predicted octanol–water partition coefficient (Wildman–Crippen LogP) is 4.32. The topological polar surface area (TPSA) is 12.0 Å². The van der Waals surface area contributed by atoms with E-state index >= 15 is 0 Å². The molecule has 0 saturated heterocycles. The summed E-state index contributed by atoms with van der Waals surface area (Å²) < 4.78 is 0.380. The van der Waals surface area contributed by atoms with Crippen LogP contribution in [0, 0.1) is 11.8 Å². The normalized spacial score (nSPS) is 26.5. The van der Waals surface area contributed by atoms with Gasteiger partial charge in [0.25, 0.3) is 0 Å². The van der Waals surface area contributed by atoms with Crippen LogP contribution >= 0.6 is 11.8 Å². The van der Waals surface area contributed by atoms with Gasteiger partial charge in [-0.15, -0.1) is 0 Å². The lowest BCUT2D eigenvalue weighted by atomic mass is 9.81. The maximum absolute atomic E-state index is 3.80. The maximum atomic E-state index is 3.80. The monoisotopic (exact) mass is 257 g/mol. The van der Waals surface area contributed by atoms with E-state index in [2.05, 4.69) is 39.3 Å². The highest BCUT2D eigenvalue weighted by Gasteiger charge is 2.24. The molecule has 1 N–H and O–H groups in total. The van der Waals surface area contributed by atoms with Gasteiger partial charge in [0, 0.05) is 17.3 Å². The molecule has 2 heteroatoms. The summed E-state index contributed by atoms with van der Waals surface area (Å²) in [6.07, 6.45) is 9.31. The Morgan fingerprint density at radius 2 is 2.00 bits per heavy atom. The fraction of sp³-hybridized carbons (Fsp3) is 1.00. The molecule has 1 aliphatic rings. The van der Waals surface area contributed by atoms with Crippen LogP contribution < -0.4 is 5.32 Å². The standard InChI is InChI=1S/C15H31NS/c1-12(2)9-13-7-6-8-14(10-13)16-11-15(3,4)17-5/h12-14,16H,6-11H2,1-5H3. The first-order chi connectivity index (χ1) is 7.93. The van der Waals surface area contributed by atoms with Crippen LogP contribution in [0.1, 0.15) is 59.8 Å². The summed E-state index contributed by atoms with van der Waals surface area (Å²) in [5.74, 6) is 1.83. The molecule has 0 amide bonds. The first-order valence-electron chi connectivity index (χ1n) is 7.21. The van der Waals surface area contributed by atoms with Gasteiger partial charge >= 0.3 is 0 Å². The largest absolute Gasteiger partial charge is 0.313 e. The molecule has 102 valence electrons. The molecule has 1 nitrogen and oxygen atoms in total. The van der Waals surface area contributed by atoms with E-state index in [9.17, 15) is 0 Å². The van der Waals surface area contributed by atoms with Crippen molar-refractivity contribution in [3.05, 3.63) is 0 Å². The number of hydrogen-bond acceptors (Lipinski definition) is 2. The SMILES string of the molecule is CSC(C)(C)CNC1CCCC(CC(C)C)C1. The van der Waals surface area contributed by atoms with Crippen molar-refractivity contribution in [2.24, 2.45) is 11.8 Å². The van der Waals surface area contributed by atoms with Crippen LogP contribution in [0.25, 0.3) is 0 Å². The lowest BCUT2D eigenvalue weighted by Crippen LogP contribution is -2.41. The van der Waals surface area contributed by atoms with Crippen LogP contribution in [-0.2, 0) is 0 Å². The van der Waals surface area contributed by atoms with Crippen LogP contribution in [0.4, 0.5) is 0 Å². The molecular weight excluding hydrogens is 226 g/mol. The van der Waals surface area contributed by atoms with Crippen molar-refractivity contribution in [2.75, 3.05) is 12.8 Å². The van der Waals surface area contributed by atoms with E-state index in [-0.39, 0.29) is 0 Å². The van der Waals surface area contributed by atoms with Crippen molar-refractivity contribution in [2.45, 2.75) is 70.6 Å². The molecule has 1 fully saturated rings. The minimum Gasteiger partial charge on any atom is -0.313 e. The van der Waals surface area contributed by atoms with Gasteiger partial charge in [0.2, 0.25) is 0 Å². The van der Waals surface area contributed by atoms with E-state index in [4.69, 9.17) is 0 Å². The Morgan fingerprint density at radius 1 is 1.29 bits per heavy atom. The first-order valence-corrected chi connectivity index (χ1v) is 8.44. The molecule has 0 aromatic carbocycles. The molecule has 0 heterocycles. The molecule has 2 unspecified atom stereocenters. The van der Waals surface area contributed by atoms with Crippen LogP contribution in [0.15, 0.2) is 0 Å². The van der Waals surface area contributed by atoms with Gasteiger partial charge in [0.05, 0.1) is 0 Å². The number of thioether (sulfide) groups is 1. The fourth-order valence-corrected chi connectivity index (χ4v) is 3.05. The third-order valence-electron chi connectivity index (χ3n) is 3.96. The minimum absolute atomic E-state index is 0.380. The van der Waals surface area contributed by atoms with Gasteiger partial charge in [-0.2, -0.15) is 11.8 Å². The summed E-state index contributed by atoms with van der Waals surface area (Å²) in [5.41, 5.74) is 0. The van der Waals surface area contributed by atoms with Gasteiger partial charge in [-0.3, -0.25) is 0 Å². The van der Waals surface area contributed by atoms with Crippen molar-refractivity contribution in [1.82, 2.24) is 5.32 Å². The van der Waals surface area contributed by atoms with E-state index in [0.717, 1.165) is 24.4 Å². The number of nitrogens with one attached hydrogen (secondary N) is 1. The second kappa shape index (κ2) is 7.04. The number of hydrogen-bond donors (Lipinski definition) is 1. The zero-order valence-electron chi connectivity index (χ0n) is 12.4. The van der Waals surface area contributed by atoms with Crippen LogP contribution in [0.3, 0.4) is 0 Å². The highest BCUT2D eigenvalue weighted by atomic mass is 32.2. The molecule has 0 radical (unpaired) electrons. The molecule has 0 aromatic heterocycles. The summed E-state index contributed by atoms with van der Waals surface area (Å²) in [6, 6.07) is 0.777. The molecular formula is C15H31NS. The third kappa shape index (κ3) is 6.15. The Bertz CT molecular complexity index is 213. The summed E-state index contributed by atoms with van der Waals surface area (Å²) in [6.45, 7) is 10.5. The maximum Gasteiger partial charge on any atom is 0.0225 e. The van der Waals surface area contributed by atoms with Crippen molar-refractivity contribution in [3.63, 3.8) is 0 Å². The Kier molecular flexibility index (Phi) is 6.36. The lowest BCUT2D eigenvalue weighted by molar-refractivity contribution is 0.250. The molecule has 0 bridgehead atoms. The van der Waals surface area contributed by atoms with Crippen LogP contribution in [0.5, 0.6) is 0 Å². The number of rotatable bonds is 6. The van der Waals surface area contributed by atoms with E-state index in [0.29, 0.717) is 4.75 Å². The molecule has 0 aromatic rings. The van der Waals surface area contributed by atoms with Gasteiger partial charge in [-0.25, -0.2) is 0 Å². The Hall–Kier alpha value is 0.310. The van der Waals surface area contributed by atoms with Crippen molar-refractivity contribution in [3.8, 4) is 0 Å². The molecule has 1 rings (SSSR count). The summed E-state index contributed by atoms with van der Waals surface area (Å²) in [7, 11) is 0. The molecule has 0 spiro atoms. The smallest absolute Gasteiger partial charge is 0.0225 e. The second-order valence-corrected chi connectivity index (χ2v) is 8.22. The van der Waals surface area contributed by atoms with Crippen molar-refractivity contribution >= 4 is 11.8 Å². The van der Waals surface area contributed by atoms with Crippen molar-refractivity contribution < 1.29 is 0 Å². The molecule has 0 aliphatic heterocycles. The minimum atomic E-state index is 0.380. The van der Waals surface area contributed by atoms with Crippen LogP contribution in [0.2, 0.25) is 0 Å². The lowest BCUT2D eigenvalue weighted by Gasteiger charge is -2.33.